The summed E-state index contributed by atoms with van der Waals surface area (Å²) in [7, 11) is 1.68. The zero-order valence-electron chi connectivity index (χ0n) is 20.1. The minimum atomic E-state index is -0.112. The Balaban J connectivity index is 1.71. The molecule has 0 spiro atoms. The van der Waals surface area contributed by atoms with Crippen LogP contribution in [0.2, 0.25) is 5.02 Å². The van der Waals surface area contributed by atoms with Gasteiger partial charge in [0, 0.05) is 28.3 Å². The summed E-state index contributed by atoms with van der Waals surface area (Å²) in [5.41, 5.74) is 7.42. The van der Waals surface area contributed by atoms with E-state index in [2.05, 4.69) is 70.9 Å². The smallest absolute Gasteiger partial charge is 0.174 e. The number of hydrogen-bond donors (Lipinski definition) is 1. The highest BCUT2D eigenvalue weighted by atomic mass is 35.5. The maximum atomic E-state index is 6.39. The van der Waals surface area contributed by atoms with Crippen molar-refractivity contribution in [2.45, 2.75) is 32.9 Å². The van der Waals surface area contributed by atoms with Crippen LogP contribution in [0.25, 0.3) is 5.69 Å². The second-order valence-electron chi connectivity index (χ2n) is 8.81. The van der Waals surface area contributed by atoms with Gasteiger partial charge in [-0.05, 0) is 92.6 Å². The molecule has 0 aliphatic carbocycles. The van der Waals surface area contributed by atoms with Crippen LogP contribution in [-0.2, 0) is 0 Å². The van der Waals surface area contributed by atoms with E-state index in [-0.39, 0.29) is 12.1 Å². The lowest BCUT2D eigenvalue weighted by Gasteiger charge is -2.28. The number of thiocarbonyl (C=S) groups is 1. The van der Waals surface area contributed by atoms with E-state index in [0.717, 1.165) is 39.8 Å². The standard InChI is InChI=1S/C28H27ClN4OS/c1-17-8-7-9-21(14-17)33-27(26(31-28(33)35)23-10-5-6-13-30-23)22-15-18(2)32(19(22)3)24-16-20(29)11-12-25(24)34-4/h5-16,26-27H,1-4H3,(H,31,35)/t26-,27-/m0/s1. The second kappa shape index (κ2) is 9.36. The second-order valence-corrected chi connectivity index (χ2v) is 9.64. The molecule has 4 aromatic rings. The summed E-state index contributed by atoms with van der Waals surface area (Å²) in [5.74, 6) is 0.764. The average molecular weight is 503 g/mol. The predicted octanol–water partition coefficient (Wildman–Crippen LogP) is 6.64. The summed E-state index contributed by atoms with van der Waals surface area (Å²) in [6, 6.07) is 22.1. The number of rotatable bonds is 5. The molecule has 2 atom stereocenters. The zero-order chi connectivity index (χ0) is 24.7. The highest BCUT2D eigenvalue weighted by molar-refractivity contribution is 7.80. The molecule has 5 rings (SSSR count). The Labute approximate surface area is 216 Å². The third kappa shape index (κ3) is 4.17. The lowest BCUT2D eigenvalue weighted by Crippen LogP contribution is -2.29. The molecule has 35 heavy (non-hydrogen) atoms. The van der Waals surface area contributed by atoms with Gasteiger partial charge in [-0.25, -0.2) is 0 Å². The van der Waals surface area contributed by atoms with Crippen LogP contribution in [0, 0.1) is 20.8 Å². The van der Waals surface area contributed by atoms with E-state index in [4.69, 9.17) is 28.6 Å². The van der Waals surface area contributed by atoms with E-state index in [1.54, 1.807) is 7.11 Å². The van der Waals surface area contributed by atoms with Crippen LogP contribution >= 0.6 is 23.8 Å². The van der Waals surface area contributed by atoms with E-state index in [0.29, 0.717) is 10.1 Å². The summed E-state index contributed by atoms with van der Waals surface area (Å²) < 4.78 is 7.88. The van der Waals surface area contributed by atoms with Crippen molar-refractivity contribution in [3.63, 3.8) is 0 Å². The van der Waals surface area contributed by atoms with Gasteiger partial charge in [0.2, 0.25) is 0 Å². The van der Waals surface area contributed by atoms with Gasteiger partial charge in [0.25, 0.3) is 0 Å². The lowest BCUT2D eigenvalue weighted by atomic mass is 9.96. The van der Waals surface area contributed by atoms with Crippen molar-refractivity contribution in [2.75, 3.05) is 12.0 Å². The molecule has 1 N–H and O–H groups in total. The normalized spacial score (nSPS) is 17.5. The molecule has 7 heteroatoms. The lowest BCUT2D eigenvalue weighted by molar-refractivity contribution is 0.412. The van der Waals surface area contributed by atoms with Gasteiger partial charge in [-0.15, -0.1) is 0 Å². The fourth-order valence-electron chi connectivity index (χ4n) is 5.02. The van der Waals surface area contributed by atoms with Crippen molar-refractivity contribution in [1.29, 1.82) is 0 Å². The molecule has 1 aliphatic rings. The maximum Gasteiger partial charge on any atom is 0.174 e. The van der Waals surface area contributed by atoms with Gasteiger partial charge < -0.3 is 19.5 Å². The van der Waals surface area contributed by atoms with Crippen LogP contribution < -0.4 is 15.0 Å². The number of anilines is 1. The predicted molar refractivity (Wildman–Crippen MR) is 146 cm³/mol. The zero-order valence-corrected chi connectivity index (χ0v) is 21.7. The number of hydrogen-bond acceptors (Lipinski definition) is 3. The summed E-state index contributed by atoms with van der Waals surface area (Å²) in [5, 5.41) is 4.89. The molecule has 2 aromatic heterocycles. The van der Waals surface area contributed by atoms with E-state index in [9.17, 15) is 0 Å². The Kier molecular flexibility index (Phi) is 6.26. The van der Waals surface area contributed by atoms with Crippen molar-refractivity contribution in [2.24, 2.45) is 0 Å². The van der Waals surface area contributed by atoms with E-state index < -0.39 is 0 Å². The number of methoxy groups -OCH3 is 1. The van der Waals surface area contributed by atoms with Crippen LogP contribution in [0.5, 0.6) is 5.75 Å². The van der Waals surface area contributed by atoms with Gasteiger partial charge in [0.1, 0.15) is 5.75 Å². The molecule has 1 fully saturated rings. The molecular weight excluding hydrogens is 476 g/mol. The SMILES string of the molecule is COc1ccc(Cl)cc1-n1c(C)cc([C@H]2[C@H](c3ccccn3)NC(=S)N2c2cccc(C)c2)c1C. The summed E-state index contributed by atoms with van der Waals surface area (Å²) in [6.45, 7) is 6.33. The minimum absolute atomic E-state index is 0.0932. The molecule has 5 nitrogen and oxygen atoms in total. The highest BCUT2D eigenvalue weighted by Gasteiger charge is 2.42. The van der Waals surface area contributed by atoms with Crippen LogP contribution in [0.15, 0.2) is 72.9 Å². The van der Waals surface area contributed by atoms with Crippen molar-refractivity contribution >= 4 is 34.6 Å². The van der Waals surface area contributed by atoms with Gasteiger partial charge >= 0.3 is 0 Å². The Morgan fingerprint density at radius 2 is 1.83 bits per heavy atom. The molecular formula is C28H27ClN4OS. The van der Waals surface area contributed by atoms with Crippen molar-refractivity contribution in [3.8, 4) is 11.4 Å². The third-order valence-corrected chi connectivity index (χ3v) is 7.10. The quantitative estimate of drug-likeness (QED) is 0.310. The number of halogens is 1. The number of benzene rings is 2. The number of aryl methyl sites for hydroxylation is 2. The number of nitrogens with zero attached hydrogens (tertiary/aromatic N) is 3. The van der Waals surface area contributed by atoms with Crippen LogP contribution in [0.3, 0.4) is 0 Å². The third-order valence-electron chi connectivity index (χ3n) is 6.55. The van der Waals surface area contributed by atoms with Crippen molar-refractivity contribution < 1.29 is 4.74 Å². The topological polar surface area (TPSA) is 42.3 Å². The molecule has 1 saturated heterocycles. The van der Waals surface area contributed by atoms with Crippen molar-refractivity contribution in [3.05, 3.63) is 106 Å². The first-order valence-electron chi connectivity index (χ1n) is 11.5. The molecule has 0 unspecified atom stereocenters. The molecule has 0 saturated carbocycles. The Bertz CT molecular complexity index is 1400. The first kappa shape index (κ1) is 23.4. The monoisotopic (exact) mass is 502 g/mol. The summed E-state index contributed by atoms with van der Waals surface area (Å²) in [6.07, 6.45) is 1.83. The fourth-order valence-corrected chi connectivity index (χ4v) is 5.53. The Morgan fingerprint density at radius 1 is 1.00 bits per heavy atom. The highest BCUT2D eigenvalue weighted by Crippen LogP contribution is 2.44. The first-order chi connectivity index (χ1) is 16.9. The Hall–Kier alpha value is -3.35. The van der Waals surface area contributed by atoms with E-state index >= 15 is 0 Å². The molecule has 2 aromatic carbocycles. The van der Waals surface area contributed by atoms with Crippen LogP contribution in [-0.4, -0.2) is 21.8 Å². The number of aromatic nitrogens is 2. The largest absolute Gasteiger partial charge is 0.495 e. The molecule has 0 amide bonds. The molecule has 3 heterocycles. The van der Waals surface area contributed by atoms with Gasteiger partial charge in [0.05, 0.1) is 30.6 Å². The van der Waals surface area contributed by atoms with Gasteiger partial charge in [0.15, 0.2) is 5.11 Å². The van der Waals surface area contributed by atoms with Gasteiger partial charge in [-0.1, -0.05) is 29.8 Å². The summed E-state index contributed by atoms with van der Waals surface area (Å²) >= 11 is 12.3. The number of ether oxygens (including phenoxy) is 1. The number of pyridine rings is 1. The van der Waals surface area contributed by atoms with Crippen LogP contribution in [0.1, 0.15) is 40.3 Å². The Morgan fingerprint density at radius 3 is 2.54 bits per heavy atom. The fraction of sp³-hybridized carbons (Fsp3) is 0.214. The first-order valence-corrected chi connectivity index (χ1v) is 12.3. The van der Waals surface area contributed by atoms with E-state index in [1.807, 2.05) is 42.6 Å². The molecule has 1 aliphatic heterocycles. The molecule has 0 radical (unpaired) electrons. The van der Waals surface area contributed by atoms with E-state index in [1.165, 1.54) is 5.56 Å². The number of nitrogens with one attached hydrogen (secondary N) is 1. The minimum Gasteiger partial charge on any atom is -0.495 e. The summed E-state index contributed by atoms with van der Waals surface area (Å²) in [4.78, 5) is 6.89. The molecule has 178 valence electrons. The van der Waals surface area contributed by atoms with Gasteiger partial charge in [-0.2, -0.15) is 0 Å². The average Bonchev–Trinajstić information content (AvgIpc) is 3.34. The van der Waals surface area contributed by atoms with Crippen LogP contribution in [0.4, 0.5) is 5.69 Å². The van der Waals surface area contributed by atoms with Crippen molar-refractivity contribution in [1.82, 2.24) is 14.9 Å². The maximum absolute atomic E-state index is 6.39. The molecule has 0 bridgehead atoms. The van der Waals surface area contributed by atoms with Gasteiger partial charge in [-0.3, -0.25) is 4.98 Å².